The number of hydrogen-bond donors (Lipinski definition) is 1. The second kappa shape index (κ2) is 6.29. The van der Waals surface area contributed by atoms with Gasteiger partial charge in [-0.2, -0.15) is 0 Å². The molecule has 2 rings (SSSR count). The maximum Gasteiger partial charge on any atom is 0.263 e. The molecule has 0 atom stereocenters. The molecule has 0 amide bonds. The summed E-state index contributed by atoms with van der Waals surface area (Å²) in [6.07, 6.45) is 2.26. The van der Waals surface area contributed by atoms with Crippen LogP contribution in [0.4, 0.5) is 8.78 Å². The van der Waals surface area contributed by atoms with Gasteiger partial charge in [0, 0.05) is 18.2 Å². The Hall–Kier alpha value is -1.22. The van der Waals surface area contributed by atoms with Crippen LogP contribution in [0.15, 0.2) is 29.8 Å². The highest BCUT2D eigenvalue weighted by molar-refractivity contribution is 5.54. The average Bonchev–Trinajstić information content (AvgIpc) is 3.18. The van der Waals surface area contributed by atoms with E-state index in [2.05, 4.69) is 25.2 Å². The summed E-state index contributed by atoms with van der Waals surface area (Å²) in [6, 6.07) is 7.22. The lowest BCUT2D eigenvalue weighted by Gasteiger charge is -2.13. The molecule has 0 aromatic heterocycles. The molecular weight excluding hydrogens is 244 g/mol. The van der Waals surface area contributed by atoms with Gasteiger partial charge >= 0.3 is 0 Å². The quantitative estimate of drug-likeness (QED) is 0.803. The average molecular weight is 265 g/mol. The van der Waals surface area contributed by atoms with Gasteiger partial charge in [0.15, 0.2) is 0 Å². The zero-order valence-electron chi connectivity index (χ0n) is 11.5. The van der Waals surface area contributed by atoms with Crippen LogP contribution in [0.25, 0.3) is 6.08 Å². The Balaban J connectivity index is 2.05. The van der Waals surface area contributed by atoms with E-state index in [1.54, 1.807) is 12.1 Å². The topological polar surface area (TPSA) is 12.0 Å². The van der Waals surface area contributed by atoms with Crippen LogP contribution in [0, 0.1) is 5.92 Å². The molecule has 1 saturated carbocycles. The molecule has 0 saturated heterocycles. The van der Waals surface area contributed by atoms with Crippen LogP contribution in [0.5, 0.6) is 0 Å². The van der Waals surface area contributed by atoms with E-state index in [1.165, 1.54) is 30.5 Å². The molecular formula is C16H21F2N. The van der Waals surface area contributed by atoms with Gasteiger partial charge in [-0.05, 0) is 24.3 Å². The predicted molar refractivity (Wildman–Crippen MR) is 75.2 cm³/mol. The van der Waals surface area contributed by atoms with Crippen molar-refractivity contribution in [2.24, 2.45) is 5.92 Å². The lowest BCUT2D eigenvalue weighted by Crippen LogP contribution is -2.21. The van der Waals surface area contributed by atoms with Crippen molar-refractivity contribution in [1.82, 2.24) is 5.32 Å². The number of benzene rings is 1. The van der Waals surface area contributed by atoms with Gasteiger partial charge in [-0.25, -0.2) is 8.78 Å². The maximum absolute atomic E-state index is 12.5. The van der Waals surface area contributed by atoms with Gasteiger partial charge < -0.3 is 5.32 Å². The fraction of sp³-hybridized carbons (Fsp3) is 0.500. The molecule has 3 heteroatoms. The molecule has 0 spiro atoms. The molecule has 1 aliphatic rings. The van der Waals surface area contributed by atoms with Gasteiger partial charge in [0.1, 0.15) is 0 Å². The first-order valence-electron chi connectivity index (χ1n) is 6.88. The molecule has 0 radical (unpaired) electrons. The van der Waals surface area contributed by atoms with Crippen LogP contribution in [0.2, 0.25) is 0 Å². The maximum atomic E-state index is 12.5. The van der Waals surface area contributed by atoms with Crippen molar-refractivity contribution in [2.75, 3.05) is 6.54 Å². The first kappa shape index (κ1) is 14.2. The van der Waals surface area contributed by atoms with Crippen LogP contribution in [-0.4, -0.2) is 12.6 Å². The Morgan fingerprint density at radius 1 is 1.26 bits per heavy atom. The number of halogens is 2. The molecule has 19 heavy (non-hydrogen) atoms. The lowest BCUT2D eigenvalue weighted by molar-refractivity contribution is 0.151. The summed E-state index contributed by atoms with van der Waals surface area (Å²) in [6.45, 7) is 5.21. The summed E-state index contributed by atoms with van der Waals surface area (Å²) in [5.41, 5.74) is 2.39. The SMILES string of the molecule is CC(C)/C(=C/c1ccc(C(F)F)cc1)CNC1CC1. The third-order valence-electron chi connectivity index (χ3n) is 3.45. The van der Waals surface area contributed by atoms with Crippen molar-refractivity contribution >= 4 is 6.08 Å². The summed E-state index contributed by atoms with van der Waals surface area (Å²) in [7, 11) is 0. The number of alkyl halides is 2. The minimum atomic E-state index is -2.39. The molecule has 1 fully saturated rings. The summed E-state index contributed by atoms with van der Waals surface area (Å²) in [5.74, 6) is 0.459. The van der Waals surface area contributed by atoms with E-state index >= 15 is 0 Å². The van der Waals surface area contributed by atoms with Gasteiger partial charge in [-0.15, -0.1) is 0 Å². The summed E-state index contributed by atoms with van der Waals surface area (Å²) in [4.78, 5) is 0. The third kappa shape index (κ3) is 4.43. The van der Waals surface area contributed by atoms with Gasteiger partial charge in [0.25, 0.3) is 6.43 Å². The Labute approximate surface area is 113 Å². The molecule has 0 aliphatic heterocycles. The van der Waals surface area contributed by atoms with Crippen molar-refractivity contribution in [3.05, 3.63) is 41.0 Å². The Kier molecular flexibility index (Phi) is 4.70. The zero-order valence-corrected chi connectivity index (χ0v) is 11.5. The highest BCUT2D eigenvalue weighted by Gasteiger charge is 2.20. The summed E-state index contributed by atoms with van der Waals surface area (Å²) in [5, 5.41) is 3.50. The van der Waals surface area contributed by atoms with E-state index in [0.717, 1.165) is 12.1 Å². The van der Waals surface area contributed by atoms with Gasteiger partial charge in [0.2, 0.25) is 0 Å². The minimum absolute atomic E-state index is 0.0827. The molecule has 0 bridgehead atoms. The van der Waals surface area contributed by atoms with Gasteiger partial charge in [-0.3, -0.25) is 0 Å². The van der Waals surface area contributed by atoms with E-state index in [4.69, 9.17) is 0 Å². The first-order valence-corrected chi connectivity index (χ1v) is 6.88. The molecule has 1 aromatic rings. The van der Waals surface area contributed by atoms with Gasteiger partial charge in [-0.1, -0.05) is 49.8 Å². The molecule has 0 heterocycles. The zero-order chi connectivity index (χ0) is 13.8. The smallest absolute Gasteiger partial charge is 0.263 e. The van der Waals surface area contributed by atoms with Crippen molar-refractivity contribution in [2.45, 2.75) is 39.2 Å². The van der Waals surface area contributed by atoms with Gasteiger partial charge in [0.05, 0.1) is 0 Å². The molecule has 104 valence electrons. The molecule has 1 aromatic carbocycles. The van der Waals surface area contributed by atoms with Crippen molar-refractivity contribution in [1.29, 1.82) is 0 Å². The lowest BCUT2D eigenvalue weighted by atomic mass is 9.99. The van der Waals surface area contributed by atoms with Crippen LogP contribution >= 0.6 is 0 Å². The van der Waals surface area contributed by atoms with Crippen LogP contribution in [0.3, 0.4) is 0 Å². The summed E-state index contributed by atoms with van der Waals surface area (Å²) >= 11 is 0. The standard InChI is InChI=1S/C16H21F2N/c1-11(2)14(10-19-15-7-8-15)9-12-3-5-13(6-4-12)16(17)18/h3-6,9,11,15-16,19H,7-8,10H2,1-2H3/b14-9+. The minimum Gasteiger partial charge on any atom is -0.310 e. The fourth-order valence-electron chi connectivity index (χ4n) is 1.92. The number of hydrogen-bond acceptors (Lipinski definition) is 1. The Morgan fingerprint density at radius 3 is 2.37 bits per heavy atom. The first-order chi connectivity index (χ1) is 9.06. The van der Waals surface area contributed by atoms with E-state index in [-0.39, 0.29) is 5.56 Å². The molecule has 0 unspecified atom stereocenters. The van der Waals surface area contributed by atoms with Crippen LogP contribution < -0.4 is 5.32 Å². The highest BCUT2D eigenvalue weighted by Crippen LogP contribution is 2.22. The number of nitrogens with one attached hydrogen (secondary N) is 1. The fourth-order valence-corrected chi connectivity index (χ4v) is 1.92. The van der Waals surface area contributed by atoms with E-state index < -0.39 is 6.43 Å². The van der Waals surface area contributed by atoms with E-state index in [1.807, 2.05) is 0 Å². The van der Waals surface area contributed by atoms with Crippen molar-refractivity contribution in [3.63, 3.8) is 0 Å². The molecule has 1 N–H and O–H groups in total. The molecule has 1 aliphatic carbocycles. The Morgan fingerprint density at radius 2 is 1.89 bits per heavy atom. The largest absolute Gasteiger partial charge is 0.310 e. The molecule has 1 nitrogen and oxygen atoms in total. The van der Waals surface area contributed by atoms with Crippen LogP contribution in [-0.2, 0) is 0 Å². The Bertz CT molecular complexity index is 431. The monoisotopic (exact) mass is 265 g/mol. The predicted octanol–water partition coefficient (Wildman–Crippen LogP) is 4.42. The second-order valence-electron chi connectivity index (χ2n) is 5.50. The highest BCUT2D eigenvalue weighted by atomic mass is 19.3. The van der Waals surface area contributed by atoms with Crippen LogP contribution in [0.1, 0.15) is 44.2 Å². The normalized spacial score (nSPS) is 16.4. The van der Waals surface area contributed by atoms with Crippen molar-refractivity contribution in [3.8, 4) is 0 Å². The second-order valence-corrected chi connectivity index (χ2v) is 5.50. The van der Waals surface area contributed by atoms with E-state index in [0.29, 0.717) is 12.0 Å². The van der Waals surface area contributed by atoms with Crippen molar-refractivity contribution < 1.29 is 8.78 Å². The number of rotatable bonds is 6. The summed E-state index contributed by atoms with van der Waals surface area (Å²) < 4.78 is 25.0. The third-order valence-corrected chi connectivity index (χ3v) is 3.45. The van der Waals surface area contributed by atoms with E-state index in [9.17, 15) is 8.78 Å².